The van der Waals surface area contributed by atoms with Crippen LogP contribution < -0.4 is 10.6 Å². The van der Waals surface area contributed by atoms with E-state index in [0.29, 0.717) is 12.1 Å². The normalized spacial score (nSPS) is 14.7. The number of benzene rings is 1. The Morgan fingerprint density at radius 2 is 1.61 bits per heavy atom. The van der Waals surface area contributed by atoms with Crippen molar-refractivity contribution in [3.63, 3.8) is 0 Å². The summed E-state index contributed by atoms with van der Waals surface area (Å²) in [6.07, 6.45) is 3.97. The van der Waals surface area contributed by atoms with Crippen LogP contribution in [0.5, 0.6) is 0 Å². The van der Waals surface area contributed by atoms with E-state index in [1.54, 1.807) is 24.3 Å². The van der Waals surface area contributed by atoms with E-state index >= 15 is 0 Å². The van der Waals surface area contributed by atoms with Crippen molar-refractivity contribution >= 4 is 23.2 Å². The molecule has 0 radical (unpaired) electrons. The van der Waals surface area contributed by atoms with Gasteiger partial charge in [-0.2, -0.15) is 0 Å². The highest BCUT2D eigenvalue weighted by atomic mass is 16.5. The number of nitrogens with zero attached hydrogens (tertiary/aromatic N) is 1. The molecule has 0 spiro atoms. The van der Waals surface area contributed by atoms with Gasteiger partial charge < -0.3 is 20.3 Å². The van der Waals surface area contributed by atoms with E-state index in [-0.39, 0.29) is 18.4 Å². The molecule has 1 fully saturated rings. The monoisotopic (exact) mass is 319 g/mol. The van der Waals surface area contributed by atoms with Crippen molar-refractivity contribution in [2.75, 3.05) is 44.0 Å². The average molecular weight is 319 g/mol. The molecule has 2 amide bonds. The molecule has 23 heavy (non-hydrogen) atoms. The van der Waals surface area contributed by atoms with Crippen molar-refractivity contribution in [1.29, 1.82) is 0 Å². The van der Waals surface area contributed by atoms with Gasteiger partial charge in [0.2, 0.25) is 11.8 Å². The van der Waals surface area contributed by atoms with Gasteiger partial charge in [-0.25, -0.2) is 0 Å². The quantitative estimate of drug-likeness (QED) is 0.770. The maximum Gasteiger partial charge on any atom is 0.250 e. The summed E-state index contributed by atoms with van der Waals surface area (Å²) in [5.74, 6) is -0.174. The fourth-order valence-corrected chi connectivity index (χ4v) is 2.66. The van der Waals surface area contributed by atoms with Crippen molar-refractivity contribution < 1.29 is 14.3 Å². The molecule has 2 N–H and O–H groups in total. The minimum absolute atomic E-state index is 0.0233. The van der Waals surface area contributed by atoms with Crippen LogP contribution in [0.25, 0.3) is 0 Å². The van der Waals surface area contributed by atoms with Gasteiger partial charge in [-0.3, -0.25) is 9.59 Å². The Hall–Kier alpha value is -1.92. The molecule has 6 heteroatoms. The highest BCUT2D eigenvalue weighted by Gasteiger charge is 2.11. The zero-order valence-electron chi connectivity index (χ0n) is 13.6. The maximum atomic E-state index is 11.9. The third-order valence-corrected chi connectivity index (χ3v) is 3.80. The van der Waals surface area contributed by atoms with Crippen molar-refractivity contribution in [2.24, 2.45) is 0 Å². The van der Waals surface area contributed by atoms with Crippen LogP contribution in [0.15, 0.2) is 24.3 Å². The van der Waals surface area contributed by atoms with Crippen molar-refractivity contribution in [2.45, 2.75) is 25.7 Å². The smallest absolute Gasteiger partial charge is 0.250 e. The van der Waals surface area contributed by atoms with Gasteiger partial charge in [0, 0.05) is 24.9 Å². The number of likely N-dealkylation sites (tertiary alicyclic amines) is 1. The Morgan fingerprint density at radius 3 is 2.17 bits per heavy atom. The molecule has 0 bridgehead atoms. The van der Waals surface area contributed by atoms with Gasteiger partial charge in [-0.05, 0) is 63.2 Å². The second-order valence-electron chi connectivity index (χ2n) is 5.76. The molecular formula is C17H25N3O3. The number of hydrogen-bond acceptors (Lipinski definition) is 4. The van der Waals surface area contributed by atoms with Gasteiger partial charge >= 0.3 is 0 Å². The fourth-order valence-electron chi connectivity index (χ4n) is 2.66. The number of carbonyl (C=O) groups excluding carboxylic acids is 2. The van der Waals surface area contributed by atoms with Crippen LogP contribution in [0.2, 0.25) is 0 Å². The molecule has 0 aliphatic carbocycles. The lowest BCUT2D eigenvalue weighted by Crippen LogP contribution is -2.22. The molecule has 1 aliphatic rings. The second kappa shape index (κ2) is 9.27. The highest BCUT2D eigenvalue weighted by molar-refractivity contribution is 5.93. The molecule has 0 atom stereocenters. The minimum Gasteiger partial charge on any atom is -0.375 e. The molecule has 1 aromatic carbocycles. The first-order chi connectivity index (χ1) is 11.2. The van der Waals surface area contributed by atoms with E-state index in [0.717, 1.165) is 31.7 Å². The topological polar surface area (TPSA) is 70.7 Å². The van der Waals surface area contributed by atoms with E-state index in [1.165, 1.54) is 20.0 Å². The van der Waals surface area contributed by atoms with Crippen LogP contribution >= 0.6 is 0 Å². The van der Waals surface area contributed by atoms with Crippen LogP contribution in [0.3, 0.4) is 0 Å². The molecule has 1 heterocycles. The summed E-state index contributed by atoms with van der Waals surface area (Å²) >= 11 is 0. The number of nitrogens with one attached hydrogen (secondary N) is 2. The van der Waals surface area contributed by atoms with Crippen LogP contribution in [0.4, 0.5) is 11.4 Å². The number of rotatable bonds is 8. The summed E-state index contributed by atoms with van der Waals surface area (Å²) < 4.78 is 4.75. The van der Waals surface area contributed by atoms with Gasteiger partial charge in [0.25, 0.3) is 0 Å². The van der Waals surface area contributed by atoms with Gasteiger partial charge in [0.05, 0.1) is 0 Å². The first-order valence-electron chi connectivity index (χ1n) is 8.08. The van der Waals surface area contributed by atoms with E-state index < -0.39 is 0 Å². The van der Waals surface area contributed by atoms with Crippen LogP contribution in [-0.2, 0) is 14.3 Å². The van der Waals surface area contributed by atoms with Crippen LogP contribution in [0, 0.1) is 0 Å². The van der Waals surface area contributed by atoms with Gasteiger partial charge in [0.1, 0.15) is 6.61 Å². The van der Waals surface area contributed by atoms with E-state index in [1.807, 2.05) is 0 Å². The molecular weight excluding hydrogens is 294 g/mol. The first-order valence-corrected chi connectivity index (χ1v) is 8.08. The predicted molar refractivity (Wildman–Crippen MR) is 90.5 cm³/mol. The van der Waals surface area contributed by atoms with Crippen molar-refractivity contribution in [1.82, 2.24) is 4.90 Å². The Labute approximate surface area is 137 Å². The highest BCUT2D eigenvalue weighted by Crippen LogP contribution is 2.14. The molecule has 0 saturated carbocycles. The van der Waals surface area contributed by atoms with E-state index in [9.17, 15) is 9.59 Å². The fraction of sp³-hybridized carbons (Fsp3) is 0.529. The molecule has 1 aromatic rings. The molecule has 0 aromatic heterocycles. The van der Waals surface area contributed by atoms with Gasteiger partial charge in [-0.1, -0.05) is 0 Å². The van der Waals surface area contributed by atoms with Crippen LogP contribution in [0.1, 0.15) is 25.7 Å². The lowest BCUT2D eigenvalue weighted by atomic mass is 10.2. The minimum atomic E-state index is -0.203. The molecule has 6 nitrogen and oxygen atoms in total. The van der Waals surface area contributed by atoms with Crippen LogP contribution in [-0.4, -0.2) is 50.1 Å². The molecule has 1 aliphatic heterocycles. The summed E-state index contributed by atoms with van der Waals surface area (Å²) in [7, 11) is 1.47. The first kappa shape index (κ1) is 17.4. The Morgan fingerprint density at radius 1 is 1.04 bits per heavy atom. The second-order valence-corrected chi connectivity index (χ2v) is 5.76. The number of hydrogen-bond donors (Lipinski definition) is 2. The Bertz CT molecular complexity index is 510. The Balaban J connectivity index is 1.69. The number of methoxy groups -OCH3 is 1. The number of carbonyl (C=O) groups is 2. The average Bonchev–Trinajstić information content (AvgIpc) is 3.03. The zero-order chi connectivity index (χ0) is 16.5. The molecule has 0 unspecified atom stereocenters. The third-order valence-electron chi connectivity index (χ3n) is 3.80. The Kier molecular flexibility index (Phi) is 7.03. The van der Waals surface area contributed by atoms with Crippen molar-refractivity contribution in [3.05, 3.63) is 24.3 Å². The van der Waals surface area contributed by atoms with E-state index in [4.69, 9.17) is 4.74 Å². The summed E-state index contributed by atoms with van der Waals surface area (Å²) in [6, 6.07) is 7.07. The standard InChI is InChI=1S/C17H25N3O3/c1-23-13-17(22)19-15-8-6-14(7-9-15)18-16(21)5-4-12-20-10-2-3-11-20/h6-9H,2-5,10-13H2,1H3,(H,18,21)(H,19,22). The largest absolute Gasteiger partial charge is 0.375 e. The molecule has 1 saturated heterocycles. The van der Waals surface area contributed by atoms with Gasteiger partial charge in [-0.15, -0.1) is 0 Å². The predicted octanol–water partition coefficient (Wildman–Crippen LogP) is 2.09. The number of ether oxygens (including phenoxy) is 1. The lowest BCUT2D eigenvalue weighted by Gasteiger charge is -2.13. The summed E-state index contributed by atoms with van der Waals surface area (Å²) in [4.78, 5) is 25.7. The maximum absolute atomic E-state index is 11.9. The van der Waals surface area contributed by atoms with Gasteiger partial charge in [0.15, 0.2) is 0 Å². The number of anilines is 2. The van der Waals surface area contributed by atoms with Crippen molar-refractivity contribution in [3.8, 4) is 0 Å². The number of amides is 2. The van der Waals surface area contributed by atoms with E-state index in [2.05, 4.69) is 15.5 Å². The summed E-state index contributed by atoms with van der Waals surface area (Å²) in [5.41, 5.74) is 1.42. The molecule has 126 valence electrons. The summed E-state index contributed by atoms with van der Waals surface area (Å²) in [6.45, 7) is 3.35. The lowest BCUT2D eigenvalue weighted by molar-refractivity contribution is -0.119. The third kappa shape index (κ3) is 6.38. The SMILES string of the molecule is COCC(=O)Nc1ccc(NC(=O)CCCN2CCCC2)cc1. The molecule has 2 rings (SSSR count). The zero-order valence-corrected chi connectivity index (χ0v) is 13.6. The summed E-state index contributed by atoms with van der Waals surface area (Å²) in [5, 5.41) is 5.58.